The largest absolute Gasteiger partial charge is 0.450 e. The molecule has 364 valence electrons. The highest BCUT2D eigenvalue weighted by Crippen LogP contribution is 2.68. The fraction of sp³-hybridized carbons (Fsp3) is 0.0845. The van der Waals surface area contributed by atoms with E-state index in [1.165, 1.54) is 77.5 Å². The van der Waals surface area contributed by atoms with E-state index in [1.807, 2.05) is 60.7 Å². The summed E-state index contributed by atoms with van der Waals surface area (Å²) >= 11 is 0. The van der Waals surface area contributed by atoms with E-state index in [1.54, 1.807) is 0 Å². The van der Waals surface area contributed by atoms with Gasteiger partial charge in [0.25, 0.3) is 0 Å². The first kappa shape index (κ1) is 43.7. The van der Waals surface area contributed by atoms with E-state index in [-0.39, 0.29) is 17.8 Å². The van der Waals surface area contributed by atoms with Crippen LogP contribution in [0.3, 0.4) is 0 Å². The normalized spacial score (nSPS) is 18.0. The summed E-state index contributed by atoms with van der Waals surface area (Å²) in [6.45, 7) is 2.28. The third-order valence-electron chi connectivity index (χ3n) is 16.9. The molecule has 3 heterocycles. The second-order valence-corrected chi connectivity index (χ2v) is 21.0. The summed E-state index contributed by atoms with van der Waals surface area (Å²) in [6, 6.07) is 75.9. The Hall–Kier alpha value is -9.65. The van der Waals surface area contributed by atoms with Crippen LogP contribution < -0.4 is 9.47 Å². The number of aromatic nitrogens is 4. The SMILES string of the molecule is CC1CC(c2ccc(-n3c4ccccc4c4cc(C5=CC6C(C=C5)c5c(ccc7c5Oc5ccccc5O7)C65c6ccccc6-c6ccccc65)ccc43)cc2)=CC=C1c1nc(-c2ccccc2)nc(-c2ccccc2)n1. The molecule has 1 aliphatic heterocycles. The van der Waals surface area contributed by atoms with Crippen LogP contribution >= 0.6 is 0 Å². The van der Waals surface area contributed by atoms with Crippen molar-refractivity contribution in [2.24, 2.45) is 11.8 Å². The van der Waals surface area contributed by atoms with Gasteiger partial charge in [-0.1, -0.05) is 201 Å². The molecule has 0 radical (unpaired) electrons. The average Bonchev–Trinajstić information content (AvgIpc) is 4.12. The Morgan fingerprint density at radius 1 is 0.494 bits per heavy atom. The van der Waals surface area contributed by atoms with Crippen LogP contribution in [-0.4, -0.2) is 19.5 Å². The zero-order valence-corrected chi connectivity index (χ0v) is 42.1. The molecule has 4 aliphatic carbocycles. The smallest absolute Gasteiger partial charge is 0.174 e. The molecule has 77 heavy (non-hydrogen) atoms. The summed E-state index contributed by atoms with van der Waals surface area (Å²) in [5.41, 5.74) is 18.8. The van der Waals surface area contributed by atoms with Crippen LogP contribution in [0.5, 0.6) is 23.0 Å². The second-order valence-electron chi connectivity index (χ2n) is 21.0. The maximum atomic E-state index is 6.89. The van der Waals surface area contributed by atoms with Crippen molar-refractivity contribution in [3.8, 4) is 62.6 Å². The van der Waals surface area contributed by atoms with Crippen molar-refractivity contribution >= 4 is 38.5 Å². The maximum Gasteiger partial charge on any atom is 0.174 e. The highest BCUT2D eigenvalue weighted by molar-refractivity contribution is 6.10. The van der Waals surface area contributed by atoms with Crippen molar-refractivity contribution in [1.82, 2.24) is 19.5 Å². The molecule has 16 rings (SSSR count). The zero-order chi connectivity index (χ0) is 50.8. The standard InChI is InChI=1S/C71H48N4O2/c1-43-40-47(30-35-51(43)70-73-68(45-16-4-2-5-17-45)72-69(74-70)46-18-6-3-7-19-46)44-28-33-50(34-29-44)75-61-25-13-10-22-54(61)56-41-48(32-38-62(56)75)49-31-36-55-60(42-49)71(57-23-11-8-20-52(57)53-21-9-12-24-58(53)71)59-37-39-65-67(66(55)59)77-64-27-15-14-26-63(64)76-65/h2-39,41-43,55,60H,40H2,1H3. The Morgan fingerprint density at radius 3 is 1.82 bits per heavy atom. The molecule has 1 spiro atoms. The van der Waals surface area contributed by atoms with Crippen molar-refractivity contribution in [2.45, 2.75) is 24.7 Å². The Labute approximate surface area is 446 Å². The van der Waals surface area contributed by atoms with Crippen LogP contribution in [0.4, 0.5) is 0 Å². The molecule has 0 N–H and O–H groups in total. The molecule has 9 aromatic carbocycles. The van der Waals surface area contributed by atoms with E-state index in [0.29, 0.717) is 11.6 Å². The van der Waals surface area contributed by atoms with Crippen LogP contribution in [0.25, 0.3) is 78.1 Å². The Bertz CT molecular complexity index is 4290. The van der Waals surface area contributed by atoms with E-state index >= 15 is 0 Å². The van der Waals surface area contributed by atoms with Gasteiger partial charge in [0.15, 0.2) is 40.5 Å². The van der Waals surface area contributed by atoms with Gasteiger partial charge in [-0.2, -0.15) is 0 Å². The van der Waals surface area contributed by atoms with Crippen molar-refractivity contribution in [3.05, 3.63) is 282 Å². The lowest BCUT2D eigenvalue weighted by molar-refractivity contribution is 0.355. The van der Waals surface area contributed by atoms with Gasteiger partial charge in [-0.25, -0.2) is 15.0 Å². The number of hydrogen-bond donors (Lipinski definition) is 0. The molecule has 3 unspecified atom stereocenters. The first-order valence-electron chi connectivity index (χ1n) is 26.7. The molecule has 2 aromatic heterocycles. The van der Waals surface area contributed by atoms with Gasteiger partial charge < -0.3 is 14.0 Å². The molecule has 0 amide bonds. The molecule has 3 atom stereocenters. The summed E-state index contributed by atoms with van der Waals surface area (Å²) in [6.07, 6.45) is 12.7. The molecule has 5 aliphatic rings. The maximum absolute atomic E-state index is 6.89. The van der Waals surface area contributed by atoms with Gasteiger partial charge in [0.05, 0.1) is 16.4 Å². The second kappa shape index (κ2) is 16.9. The number of hydrogen-bond acceptors (Lipinski definition) is 5. The van der Waals surface area contributed by atoms with Gasteiger partial charge >= 0.3 is 0 Å². The minimum Gasteiger partial charge on any atom is -0.450 e. The highest BCUT2D eigenvalue weighted by atomic mass is 16.6. The van der Waals surface area contributed by atoms with Crippen molar-refractivity contribution in [3.63, 3.8) is 0 Å². The number of benzene rings is 9. The number of ether oxygens (including phenoxy) is 2. The lowest BCUT2D eigenvalue weighted by Gasteiger charge is -2.36. The first-order valence-corrected chi connectivity index (χ1v) is 26.7. The van der Waals surface area contributed by atoms with E-state index in [4.69, 9.17) is 24.4 Å². The summed E-state index contributed by atoms with van der Waals surface area (Å²) in [4.78, 5) is 15.0. The lowest BCUT2D eigenvalue weighted by atomic mass is 9.64. The van der Waals surface area contributed by atoms with Gasteiger partial charge in [-0.15, -0.1) is 0 Å². The number of nitrogens with zero attached hydrogens (tertiary/aromatic N) is 4. The van der Waals surface area contributed by atoms with Gasteiger partial charge in [-0.3, -0.25) is 0 Å². The molecule has 6 nitrogen and oxygen atoms in total. The predicted molar refractivity (Wildman–Crippen MR) is 309 cm³/mol. The molecule has 0 saturated carbocycles. The molecule has 11 aromatic rings. The Kier molecular flexibility index (Phi) is 9.62. The van der Waals surface area contributed by atoms with Gasteiger partial charge in [0.1, 0.15) is 0 Å². The van der Waals surface area contributed by atoms with Gasteiger partial charge in [0, 0.05) is 50.6 Å². The quantitative estimate of drug-likeness (QED) is 0.166. The molecule has 0 fully saturated rings. The van der Waals surface area contributed by atoms with Crippen LogP contribution in [0.15, 0.2) is 243 Å². The minimum atomic E-state index is -0.442. The third kappa shape index (κ3) is 6.58. The molecule has 0 bridgehead atoms. The summed E-state index contributed by atoms with van der Waals surface area (Å²) in [5.74, 6) is 5.46. The van der Waals surface area contributed by atoms with Crippen molar-refractivity contribution in [1.29, 1.82) is 0 Å². The first-order chi connectivity index (χ1) is 38.1. The molecular formula is C71H48N4O2. The zero-order valence-electron chi connectivity index (χ0n) is 42.1. The lowest BCUT2D eigenvalue weighted by Crippen LogP contribution is -2.33. The summed E-state index contributed by atoms with van der Waals surface area (Å²) in [7, 11) is 0. The predicted octanol–water partition coefficient (Wildman–Crippen LogP) is 17.4. The van der Waals surface area contributed by atoms with Crippen LogP contribution in [-0.2, 0) is 5.41 Å². The van der Waals surface area contributed by atoms with Crippen LogP contribution in [0.1, 0.15) is 58.5 Å². The summed E-state index contributed by atoms with van der Waals surface area (Å²) in [5, 5.41) is 2.45. The molecule has 0 saturated heterocycles. The van der Waals surface area contributed by atoms with Crippen LogP contribution in [0.2, 0.25) is 0 Å². The Balaban J connectivity index is 0.761. The van der Waals surface area contributed by atoms with E-state index in [0.717, 1.165) is 57.6 Å². The minimum absolute atomic E-state index is 0.0488. The number of allylic oxidation sites excluding steroid dienone is 8. The summed E-state index contributed by atoms with van der Waals surface area (Å²) < 4.78 is 15.9. The van der Waals surface area contributed by atoms with Gasteiger partial charge in [-0.05, 0) is 111 Å². The van der Waals surface area contributed by atoms with Crippen molar-refractivity contribution in [2.75, 3.05) is 0 Å². The van der Waals surface area contributed by atoms with E-state index < -0.39 is 5.41 Å². The fourth-order valence-electron chi connectivity index (χ4n) is 13.5. The molecular weight excluding hydrogens is 941 g/mol. The Morgan fingerprint density at radius 2 is 1.10 bits per heavy atom. The number of para-hydroxylation sites is 3. The van der Waals surface area contributed by atoms with E-state index in [2.05, 4.69) is 194 Å². The van der Waals surface area contributed by atoms with Crippen LogP contribution in [0, 0.1) is 11.8 Å². The number of rotatable bonds is 6. The fourth-order valence-corrected chi connectivity index (χ4v) is 13.5. The van der Waals surface area contributed by atoms with Gasteiger partial charge in [0.2, 0.25) is 0 Å². The topological polar surface area (TPSA) is 62.1 Å². The monoisotopic (exact) mass is 988 g/mol. The average molecular weight is 989 g/mol. The van der Waals surface area contributed by atoms with Crippen molar-refractivity contribution < 1.29 is 9.47 Å². The third-order valence-corrected chi connectivity index (χ3v) is 16.9. The van der Waals surface area contributed by atoms with E-state index in [9.17, 15) is 0 Å². The molecule has 6 heteroatoms. The highest BCUT2D eigenvalue weighted by Gasteiger charge is 2.59. The number of fused-ring (bicyclic) bond motifs is 16.